The Morgan fingerprint density at radius 1 is 1.12 bits per heavy atom. The lowest BCUT2D eigenvalue weighted by Crippen LogP contribution is -2.20. The summed E-state index contributed by atoms with van der Waals surface area (Å²) in [4.78, 5) is 20.8. The molecule has 0 unspecified atom stereocenters. The van der Waals surface area contributed by atoms with E-state index in [0.717, 1.165) is 18.2 Å². The molecule has 0 radical (unpaired) electrons. The lowest BCUT2D eigenvalue weighted by molar-refractivity contribution is -0.142. The summed E-state index contributed by atoms with van der Waals surface area (Å²) >= 11 is 6.01. The Labute approximate surface area is 195 Å². The molecule has 178 valence electrons. The van der Waals surface area contributed by atoms with Crippen LogP contribution in [0.4, 0.5) is 23.5 Å². The van der Waals surface area contributed by atoms with Crippen LogP contribution in [0.5, 0.6) is 0 Å². The number of carbonyl (C=O) groups is 1. The second-order valence-corrected chi connectivity index (χ2v) is 8.94. The minimum atomic E-state index is -4.71. The summed E-state index contributed by atoms with van der Waals surface area (Å²) in [6.07, 6.45) is -3.39. The van der Waals surface area contributed by atoms with Gasteiger partial charge in [0.05, 0.1) is 12.2 Å². The van der Waals surface area contributed by atoms with Crippen molar-refractivity contribution in [3.8, 4) is 0 Å². The van der Waals surface area contributed by atoms with Crippen molar-refractivity contribution in [2.45, 2.75) is 38.9 Å². The third-order valence-corrected chi connectivity index (χ3v) is 5.18. The van der Waals surface area contributed by atoms with E-state index in [1.54, 1.807) is 20.8 Å². The van der Waals surface area contributed by atoms with Crippen molar-refractivity contribution >= 4 is 29.1 Å². The number of hydrogen-bond acceptors (Lipinski definition) is 5. The third-order valence-electron chi connectivity index (χ3n) is 4.83. The second kappa shape index (κ2) is 8.35. The van der Waals surface area contributed by atoms with Gasteiger partial charge in [-0.15, -0.1) is 5.10 Å². The van der Waals surface area contributed by atoms with Crippen molar-refractivity contribution in [2.24, 2.45) is 0 Å². The first-order chi connectivity index (χ1) is 15.8. The molecule has 0 saturated heterocycles. The van der Waals surface area contributed by atoms with Gasteiger partial charge in [-0.3, -0.25) is 10.1 Å². The molecule has 0 bridgehead atoms. The van der Waals surface area contributed by atoms with E-state index in [-0.39, 0.29) is 34.6 Å². The number of nitrogens with one attached hydrogen (secondary N) is 1. The molecule has 4 rings (SSSR count). The van der Waals surface area contributed by atoms with Crippen LogP contribution in [0.1, 0.15) is 48.2 Å². The van der Waals surface area contributed by atoms with Crippen LogP contribution in [0.2, 0.25) is 5.02 Å². The smallest absolute Gasteiger partial charge is 0.288 e. The molecule has 0 fully saturated rings. The first kappa shape index (κ1) is 23.6. The van der Waals surface area contributed by atoms with Gasteiger partial charge in [0.2, 0.25) is 5.95 Å². The number of halogens is 5. The minimum absolute atomic E-state index is 0.0975. The fourth-order valence-electron chi connectivity index (χ4n) is 3.09. The van der Waals surface area contributed by atoms with Gasteiger partial charge in [0.15, 0.2) is 11.3 Å². The fraction of sp³-hybridized carbons (Fsp3) is 0.286. The Hall–Kier alpha value is -3.54. The molecular formula is C21H18ClF4N7O. The van der Waals surface area contributed by atoms with Gasteiger partial charge < -0.3 is 0 Å². The van der Waals surface area contributed by atoms with Crippen molar-refractivity contribution in [1.82, 2.24) is 29.4 Å². The number of rotatable bonds is 4. The molecular weight excluding hydrogens is 478 g/mol. The monoisotopic (exact) mass is 495 g/mol. The summed E-state index contributed by atoms with van der Waals surface area (Å²) in [6, 6.07) is 5.98. The number of anilines is 1. The van der Waals surface area contributed by atoms with Crippen LogP contribution in [-0.2, 0) is 18.1 Å². The van der Waals surface area contributed by atoms with E-state index in [1.165, 1.54) is 23.1 Å². The molecule has 0 saturated carbocycles. The fourth-order valence-corrected chi connectivity index (χ4v) is 3.32. The van der Waals surface area contributed by atoms with Crippen molar-refractivity contribution < 1.29 is 22.4 Å². The van der Waals surface area contributed by atoms with Gasteiger partial charge in [0.25, 0.3) is 5.91 Å². The van der Waals surface area contributed by atoms with Crippen LogP contribution >= 0.6 is 11.6 Å². The number of fused-ring (bicyclic) bond motifs is 1. The molecule has 8 nitrogen and oxygen atoms in total. The van der Waals surface area contributed by atoms with E-state index in [1.807, 2.05) is 0 Å². The SMILES string of the molecule is CC(C)(C)c1cc(C(F)(F)F)n2nc(C(=O)Nc3ncn(Cc4ccc(F)cc4Cl)n3)cc2n1. The van der Waals surface area contributed by atoms with Crippen LogP contribution < -0.4 is 5.32 Å². The van der Waals surface area contributed by atoms with Gasteiger partial charge in [-0.2, -0.15) is 18.3 Å². The van der Waals surface area contributed by atoms with E-state index in [0.29, 0.717) is 10.1 Å². The predicted molar refractivity (Wildman–Crippen MR) is 115 cm³/mol. The van der Waals surface area contributed by atoms with E-state index in [2.05, 4.69) is 25.5 Å². The first-order valence-corrected chi connectivity index (χ1v) is 10.3. The standard InChI is InChI=1S/C21H18ClF4N7O/c1-20(2,3)15-8-16(21(24,25)26)33-17(28-15)7-14(30-33)18(34)29-19-27-10-32(31-19)9-11-4-5-12(23)6-13(11)22/h4-8,10H,9H2,1-3H3,(H,29,31,34). The highest BCUT2D eigenvalue weighted by Gasteiger charge is 2.36. The topological polar surface area (TPSA) is 90.0 Å². The number of nitrogens with zero attached hydrogens (tertiary/aromatic N) is 6. The molecule has 0 aliphatic carbocycles. The van der Waals surface area contributed by atoms with Gasteiger partial charge in [0.1, 0.15) is 17.8 Å². The predicted octanol–water partition coefficient (Wildman–Crippen LogP) is 4.73. The molecule has 3 aromatic heterocycles. The molecule has 1 N–H and O–H groups in total. The molecule has 0 aliphatic rings. The quantitative estimate of drug-likeness (QED) is 0.413. The van der Waals surface area contributed by atoms with E-state index in [4.69, 9.17) is 11.6 Å². The zero-order chi connectivity index (χ0) is 24.8. The van der Waals surface area contributed by atoms with E-state index >= 15 is 0 Å². The van der Waals surface area contributed by atoms with Crippen LogP contribution in [0.25, 0.3) is 5.65 Å². The molecule has 3 heterocycles. The van der Waals surface area contributed by atoms with E-state index < -0.39 is 29.0 Å². The number of alkyl halides is 3. The zero-order valence-electron chi connectivity index (χ0n) is 18.2. The Kier molecular flexibility index (Phi) is 5.80. The van der Waals surface area contributed by atoms with E-state index in [9.17, 15) is 22.4 Å². The Morgan fingerprint density at radius 2 is 1.85 bits per heavy atom. The van der Waals surface area contributed by atoms with Gasteiger partial charge in [-0.05, 0) is 23.8 Å². The summed E-state index contributed by atoms with van der Waals surface area (Å²) in [5.41, 5.74) is -1.32. The zero-order valence-corrected chi connectivity index (χ0v) is 18.9. The van der Waals surface area contributed by atoms with Crippen LogP contribution in [0.3, 0.4) is 0 Å². The molecule has 1 amide bonds. The van der Waals surface area contributed by atoms with Gasteiger partial charge in [0, 0.05) is 16.5 Å². The minimum Gasteiger partial charge on any atom is -0.288 e. The third kappa shape index (κ3) is 4.86. The summed E-state index contributed by atoms with van der Waals surface area (Å²) < 4.78 is 56.0. The summed E-state index contributed by atoms with van der Waals surface area (Å²) in [5.74, 6) is -1.39. The lowest BCUT2D eigenvalue weighted by Gasteiger charge is -2.19. The van der Waals surface area contributed by atoms with Crippen molar-refractivity contribution in [3.05, 3.63) is 70.1 Å². The number of benzene rings is 1. The van der Waals surface area contributed by atoms with Crippen molar-refractivity contribution in [3.63, 3.8) is 0 Å². The molecule has 4 aromatic rings. The van der Waals surface area contributed by atoms with Gasteiger partial charge >= 0.3 is 6.18 Å². The van der Waals surface area contributed by atoms with Crippen LogP contribution in [0, 0.1) is 5.82 Å². The van der Waals surface area contributed by atoms with Crippen LogP contribution in [-0.4, -0.2) is 35.3 Å². The lowest BCUT2D eigenvalue weighted by atomic mass is 9.91. The second-order valence-electron chi connectivity index (χ2n) is 8.53. The summed E-state index contributed by atoms with van der Waals surface area (Å²) in [5, 5.41) is 10.5. The normalized spacial score (nSPS) is 12.4. The molecule has 1 aromatic carbocycles. The van der Waals surface area contributed by atoms with Crippen molar-refractivity contribution in [1.29, 1.82) is 0 Å². The molecule has 0 spiro atoms. The molecule has 34 heavy (non-hydrogen) atoms. The number of carbonyl (C=O) groups excluding carboxylic acids is 1. The Morgan fingerprint density at radius 3 is 2.50 bits per heavy atom. The molecule has 13 heteroatoms. The largest absolute Gasteiger partial charge is 0.433 e. The number of amides is 1. The first-order valence-electron chi connectivity index (χ1n) is 9.94. The molecule has 0 atom stereocenters. The van der Waals surface area contributed by atoms with Gasteiger partial charge in [-0.1, -0.05) is 38.4 Å². The highest BCUT2D eigenvalue weighted by atomic mass is 35.5. The number of aromatic nitrogens is 6. The van der Waals surface area contributed by atoms with Gasteiger partial charge in [-0.25, -0.2) is 23.6 Å². The molecule has 0 aliphatic heterocycles. The summed E-state index contributed by atoms with van der Waals surface area (Å²) in [6.45, 7) is 5.36. The Bertz CT molecular complexity index is 1390. The van der Waals surface area contributed by atoms with Crippen molar-refractivity contribution in [2.75, 3.05) is 5.32 Å². The maximum atomic E-state index is 13.6. The number of hydrogen-bond donors (Lipinski definition) is 1. The maximum absolute atomic E-state index is 13.6. The highest BCUT2D eigenvalue weighted by Crippen LogP contribution is 2.32. The van der Waals surface area contributed by atoms with Crippen LogP contribution in [0.15, 0.2) is 36.7 Å². The maximum Gasteiger partial charge on any atom is 0.433 e. The average molecular weight is 496 g/mol. The summed E-state index contributed by atoms with van der Waals surface area (Å²) in [7, 11) is 0. The highest BCUT2D eigenvalue weighted by molar-refractivity contribution is 6.31. The Balaban J connectivity index is 1.59. The average Bonchev–Trinajstić information content (AvgIpc) is 3.34.